The second-order valence-corrected chi connectivity index (χ2v) is 5.39. The zero-order valence-corrected chi connectivity index (χ0v) is 10.5. The fourth-order valence-electron chi connectivity index (χ4n) is 1.91. The summed E-state index contributed by atoms with van der Waals surface area (Å²) in [6, 6.07) is 0.0824. The van der Waals surface area contributed by atoms with Crippen molar-refractivity contribution in [3.63, 3.8) is 0 Å². The molecule has 0 amide bonds. The molecular weight excluding hydrogens is 222 g/mol. The van der Waals surface area contributed by atoms with Gasteiger partial charge in [-0.2, -0.15) is 16.9 Å². The number of carbonyl (C=O) groups excluding carboxylic acids is 1. The predicted octanol–water partition coefficient (Wildman–Crippen LogP) is 0.579. The SMILES string of the molecule is CN1CCSCC1C(=O)Cc1cnn(C)c1. The molecule has 1 aliphatic rings. The van der Waals surface area contributed by atoms with Gasteiger partial charge in [-0.25, -0.2) is 0 Å². The predicted molar refractivity (Wildman–Crippen MR) is 65.7 cm³/mol. The van der Waals surface area contributed by atoms with E-state index in [1.54, 1.807) is 10.9 Å². The average Bonchev–Trinajstić information content (AvgIpc) is 2.64. The monoisotopic (exact) mass is 239 g/mol. The molecule has 0 N–H and O–H groups in total. The van der Waals surface area contributed by atoms with Crippen LogP contribution in [-0.2, 0) is 18.3 Å². The molecule has 0 bridgehead atoms. The van der Waals surface area contributed by atoms with E-state index < -0.39 is 0 Å². The number of Topliss-reactive ketones (excluding diaryl/α,β-unsaturated/α-hetero) is 1. The Morgan fingerprint density at radius 3 is 3.06 bits per heavy atom. The lowest BCUT2D eigenvalue weighted by Gasteiger charge is -2.30. The Hall–Kier alpha value is -0.810. The second-order valence-electron chi connectivity index (χ2n) is 4.24. The molecule has 1 atom stereocenters. The van der Waals surface area contributed by atoms with Gasteiger partial charge in [0.15, 0.2) is 5.78 Å². The van der Waals surface area contributed by atoms with E-state index in [9.17, 15) is 4.79 Å². The number of rotatable bonds is 3. The minimum Gasteiger partial charge on any atom is -0.298 e. The van der Waals surface area contributed by atoms with Crippen LogP contribution in [0, 0.1) is 0 Å². The minimum atomic E-state index is 0.0824. The summed E-state index contributed by atoms with van der Waals surface area (Å²) in [5.41, 5.74) is 1.01. The quantitative estimate of drug-likeness (QED) is 0.773. The highest BCUT2D eigenvalue weighted by Crippen LogP contribution is 2.16. The average molecular weight is 239 g/mol. The standard InChI is InChI=1S/C11H17N3OS/c1-13-3-4-16-8-10(13)11(15)5-9-6-12-14(2)7-9/h6-7,10H,3-5,8H2,1-2H3. The maximum Gasteiger partial charge on any atom is 0.155 e. The van der Waals surface area contributed by atoms with Gasteiger partial charge in [-0.1, -0.05) is 0 Å². The largest absolute Gasteiger partial charge is 0.298 e. The van der Waals surface area contributed by atoms with Crippen molar-refractivity contribution >= 4 is 17.5 Å². The molecule has 0 saturated carbocycles. The molecule has 2 rings (SSSR count). The number of ketones is 1. The molecule has 88 valence electrons. The van der Waals surface area contributed by atoms with E-state index in [1.165, 1.54) is 0 Å². The van der Waals surface area contributed by atoms with Crippen LogP contribution < -0.4 is 0 Å². The summed E-state index contributed by atoms with van der Waals surface area (Å²) >= 11 is 1.87. The van der Waals surface area contributed by atoms with Crippen molar-refractivity contribution in [3.05, 3.63) is 18.0 Å². The van der Waals surface area contributed by atoms with E-state index in [0.717, 1.165) is 23.6 Å². The first-order chi connectivity index (χ1) is 7.66. The lowest BCUT2D eigenvalue weighted by atomic mass is 10.1. The van der Waals surface area contributed by atoms with E-state index in [2.05, 4.69) is 10.00 Å². The van der Waals surface area contributed by atoms with E-state index in [0.29, 0.717) is 12.2 Å². The number of nitrogens with zero attached hydrogens (tertiary/aromatic N) is 3. The lowest BCUT2D eigenvalue weighted by molar-refractivity contribution is -0.122. The zero-order valence-electron chi connectivity index (χ0n) is 9.72. The Labute approximate surface area is 100.0 Å². The molecule has 4 nitrogen and oxygen atoms in total. The van der Waals surface area contributed by atoms with Crippen LogP contribution in [0.4, 0.5) is 0 Å². The molecule has 0 aliphatic carbocycles. The first kappa shape index (κ1) is 11.7. The molecule has 16 heavy (non-hydrogen) atoms. The van der Waals surface area contributed by atoms with Crippen LogP contribution in [0.1, 0.15) is 5.56 Å². The van der Waals surface area contributed by atoms with Crippen LogP contribution in [0.3, 0.4) is 0 Å². The van der Waals surface area contributed by atoms with Crippen molar-refractivity contribution < 1.29 is 4.79 Å². The molecule has 1 unspecified atom stereocenters. The van der Waals surface area contributed by atoms with Crippen LogP contribution in [0.2, 0.25) is 0 Å². The summed E-state index contributed by atoms with van der Waals surface area (Å²) in [5, 5.41) is 4.08. The maximum atomic E-state index is 12.1. The number of aryl methyl sites for hydroxylation is 1. The van der Waals surface area contributed by atoms with Gasteiger partial charge in [-0.15, -0.1) is 0 Å². The fourth-order valence-corrected chi connectivity index (χ4v) is 3.15. The molecule has 1 aromatic heterocycles. The first-order valence-corrected chi connectivity index (χ1v) is 6.60. The van der Waals surface area contributed by atoms with Crippen molar-refractivity contribution in [2.75, 3.05) is 25.1 Å². The number of thioether (sulfide) groups is 1. The first-order valence-electron chi connectivity index (χ1n) is 5.45. The summed E-state index contributed by atoms with van der Waals surface area (Å²) in [4.78, 5) is 14.3. The highest BCUT2D eigenvalue weighted by Gasteiger charge is 2.26. The van der Waals surface area contributed by atoms with Gasteiger partial charge in [0.25, 0.3) is 0 Å². The Morgan fingerprint density at radius 2 is 2.44 bits per heavy atom. The highest BCUT2D eigenvalue weighted by molar-refractivity contribution is 7.99. The van der Waals surface area contributed by atoms with Crippen molar-refractivity contribution in [1.82, 2.24) is 14.7 Å². The van der Waals surface area contributed by atoms with Crippen LogP contribution in [-0.4, -0.2) is 51.6 Å². The molecular formula is C11H17N3OS. The molecule has 0 spiro atoms. The summed E-state index contributed by atoms with van der Waals surface area (Å²) in [7, 11) is 3.90. The van der Waals surface area contributed by atoms with Crippen LogP contribution in [0.15, 0.2) is 12.4 Å². The Balaban J connectivity index is 1.96. The zero-order chi connectivity index (χ0) is 11.5. The number of aromatic nitrogens is 2. The van der Waals surface area contributed by atoms with E-state index >= 15 is 0 Å². The molecule has 1 aromatic rings. The molecule has 1 fully saturated rings. The summed E-state index contributed by atoms with van der Waals surface area (Å²) in [6.07, 6.45) is 4.19. The fraction of sp³-hybridized carbons (Fsp3) is 0.636. The van der Waals surface area contributed by atoms with Gasteiger partial charge in [-0.05, 0) is 12.6 Å². The topological polar surface area (TPSA) is 38.1 Å². The Bertz CT molecular complexity index is 377. The Morgan fingerprint density at radius 1 is 1.62 bits per heavy atom. The third-order valence-electron chi connectivity index (χ3n) is 2.90. The molecule has 1 saturated heterocycles. The van der Waals surface area contributed by atoms with Gasteiger partial charge in [0.05, 0.1) is 12.2 Å². The van der Waals surface area contributed by atoms with Gasteiger partial charge >= 0.3 is 0 Å². The molecule has 0 radical (unpaired) electrons. The Kier molecular flexibility index (Phi) is 3.66. The maximum absolute atomic E-state index is 12.1. The van der Waals surface area contributed by atoms with Crippen LogP contribution >= 0.6 is 11.8 Å². The smallest absolute Gasteiger partial charge is 0.155 e. The van der Waals surface area contributed by atoms with Crippen molar-refractivity contribution in [1.29, 1.82) is 0 Å². The summed E-state index contributed by atoms with van der Waals surface area (Å²) in [5.74, 6) is 2.37. The summed E-state index contributed by atoms with van der Waals surface area (Å²) in [6.45, 7) is 1.01. The van der Waals surface area contributed by atoms with E-state index in [4.69, 9.17) is 0 Å². The summed E-state index contributed by atoms with van der Waals surface area (Å²) < 4.78 is 1.74. The third-order valence-corrected chi connectivity index (χ3v) is 3.93. The minimum absolute atomic E-state index is 0.0824. The second kappa shape index (κ2) is 5.01. The van der Waals surface area contributed by atoms with Gasteiger partial charge < -0.3 is 0 Å². The number of hydrogen-bond donors (Lipinski definition) is 0. The molecule has 0 aromatic carbocycles. The molecule has 1 aliphatic heterocycles. The van der Waals surface area contributed by atoms with Crippen molar-refractivity contribution in [2.24, 2.45) is 7.05 Å². The van der Waals surface area contributed by atoms with Crippen LogP contribution in [0.5, 0.6) is 0 Å². The van der Waals surface area contributed by atoms with Gasteiger partial charge in [0.2, 0.25) is 0 Å². The third kappa shape index (κ3) is 2.65. The van der Waals surface area contributed by atoms with E-state index in [-0.39, 0.29) is 6.04 Å². The lowest BCUT2D eigenvalue weighted by Crippen LogP contribution is -2.45. The van der Waals surface area contributed by atoms with Gasteiger partial charge in [0, 0.05) is 37.7 Å². The van der Waals surface area contributed by atoms with Crippen molar-refractivity contribution in [3.8, 4) is 0 Å². The number of likely N-dealkylation sites (N-methyl/N-ethyl adjacent to an activating group) is 1. The molecule has 2 heterocycles. The number of hydrogen-bond acceptors (Lipinski definition) is 4. The number of carbonyl (C=O) groups is 1. The highest BCUT2D eigenvalue weighted by atomic mass is 32.2. The molecule has 5 heteroatoms. The van der Waals surface area contributed by atoms with Gasteiger partial charge in [-0.3, -0.25) is 14.4 Å². The van der Waals surface area contributed by atoms with E-state index in [1.807, 2.05) is 32.1 Å². The normalized spacial score (nSPS) is 22.2. The van der Waals surface area contributed by atoms with Crippen molar-refractivity contribution in [2.45, 2.75) is 12.5 Å². The van der Waals surface area contributed by atoms with Gasteiger partial charge in [0.1, 0.15) is 0 Å². The van der Waals surface area contributed by atoms with Crippen LogP contribution in [0.25, 0.3) is 0 Å².